The van der Waals surface area contributed by atoms with E-state index in [9.17, 15) is 19.2 Å². The first-order valence-corrected chi connectivity index (χ1v) is 12.2. The van der Waals surface area contributed by atoms with Crippen LogP contribution in [0.25, 0.3) is 6.08 Å². The SMILES string of the molecule is COc1ccc(/C=C/C(=O)N2C[C@@H]3CCC[C@@H]3[C@H]2C(=O)N[C@H](C=O)C[C@@H]2CCNC2=O)c(OC)c1. The lowest BCUT2D eigenvalue weighted by atomic mass is 9.92. The van der Waals surface area contributed by atoms with Crippen LogP contribution in [0, 0.1) is 17.8 Å². The summed E-state index contributed by atoms with van der Waals surface area (Å²) >= 11 is 0. The Labute approximate surface area is 205 Å². The van der Waals surface area contributed by atoms with E-state index in [-0.39, 0.29) is 41.9 Å². The average molecular weight is 484 g/mol. The molecule has 9 heteroatoms. The number of carbonyl (C=O) groups excluding carboxylic acids is 4. The number of amides is 3. The van der Waals surface area contributed by atoms with Gasteiger partial charge in [0.1, 0.15) is 23.8 Å². The normalized spacial score (nSPS) is 26.3. The number of methoxy groups -OCH3 is 2. The number of hydrogen-bond acceptors (Lipinski definition) is 6. The van der Waals surface area contributed by atoms with E-state index in [0.717, 1.165) is 24.8 Å². The maximum absolute atomic E-state index is 13.4. The molecular weight excluding hydrogens is 450 g/mol. The number of carbonyl (C=O) groups is 4. The molecule has 35 heavy (non-hydrogen) atoms. The Morgan fingerprint density at radius 2 is 2.06 bits per heavy atom. The molecule has 2 N–H and O–H groups in total. The van der Waals surface area contributed by atoms with E-state index >= 15 is 0 Å². The van der Waals surface area contributed by atoms with Gasteiger partial charge in [0, 0.05) is 36.7 Å². The molecule has 188 valence electrons. The van der Waals surface area contributed by atoms with Crippen molar-refractivity contribution in [2.75, 3.05) is 27.3 Å². The number of aldehydes is 1. The fraction of sp³-hybridized carbons (Fsp3) is 0.538. The van der Waals surface area contributed by atoms with Gasteiger partial charge in [-0.05, 0) is 55.7 Å². The van der Waals surface area contributed by atoms with Gasteiger partial charge in [-0.1, -0.05) is 6.42 Å². The summed E-state index contributed by atoms with van der Waals surface area (Å²) in [6.45, 7) is 1.10. The highest BCUT2D eigenvalue weighted by atomic mass is 16.5. The van der Waals surface area contributed by atoms with Crippen LogP contribution in [-0.2, 0) is 19.2 Å². The van der Waals surface area contributed by atoms with Crippen molar-refractivity contribution in [2.24, 2.45) is 17.8 Å². The minimum Gasteiger partial charge on any atom is -0.497 e. The Morgan fingerprint density at radius 3 is 2.74 bits per heavy atom. The molecule has 0 spiro atoms. The summed E-state index contributed by atoms with van der Waals surface area (Å²) < 4.78 is 10.6. The lowest BCUT2D eigenvalue weighted by molar-refractivity contribution is -0.137. The maximum Gasteiger partial charge on any atom is 0.247 e. The predicted molar refractivity (Wildman–Crippen MR) is 129 cm³/mol. The largest absolute Gasteiger partial charge is 0.497 e. The molecular formula is C26H33N3O6. The van der Waals surface area contributed by atoms with Gasteiger partial charge in [0.05, 0.1) is 20.3 Å². The zero-order chi connectivity index (χ0) is 24.9. The predicted octanol–water partition coefficient (Wildman–Crippen LogP) is 1.55. The fourth-order valence-corrected chi connectivity index (χ4v) is 5.67. The molecule has 9 nitrogen and oxygen atoms in total. The Balaban J connectivity index is 1.48. The molecule has 2 heterocycles. The van der Waals surface area contributed by atoms with E-state index in [0.29, 0.717) is 37.3 Å². The minimum absolute atomic E-state index is 0.0740. The Hall–Kier alpha value is -3.36. The summed E-state index contributed by atoms with van der Waals surface area (Å²) in [6.07, 6.45) is 7.63. The van der Waals surface area contributed by atoms with Crippen molar-refractivity contribution in [3.63, 3.8) is 0 Å². The zero-order valence-electron chi connectivity index (χ0n) is 20.2. The van der Waals surface area contributed by atoms with E-state index in [1.807, 2.05) is 0 Å². The molecule has 3 aliphatic rings. The number of nitrogens with zero attached hydrogens (tertiary/aromatic N) is 1. The first kappa shape index (κ1) is 24.8. The van der Waals surface area contributed by atoms with Gasteiger partial charge in [0.2, 0.25) is 17.7 Å². The number of ether oxygens (including phenoxy) is 2. The molecule has 1 aromatic carbocycles. The van der Waals surface area contributed by atoms with E-state index < -0.39 is 12.1 Å². The summed E-state index contributed by atoms with van der Waals surface area (Å²) in [4.78, 5) is 51.8. The van der Waals surface area contributed by atoms with Gasteiger partial charge in [-0.3, -0.25) is 14.4 Å². The number of nitrogens with one attached hydrogen (secondary N) is 2. The third-order valence-electron chi connectivity index (χ3n) is 7.48. The number of likely N-dealkylation sites (tertiary alicyclic amines) is 1. The quantitative estimate of drug-likeness (QED) is 0.407. The standard InChI is InChI=1S/C26H33N3O6/c1-34-20-8-6-16(22(13-20)35-2)7-9-23(31)29-14-18-4-3-5-21(18)24(29)26(33)28-19(15-30)12-17-10-11-27-25(17)32/h6-9,13,15,17-19,21,24H,3-5,10-12,14H2,1-2H3,(H,27,32)(H,28,33)/b9-7+/t17-,18-,19-,21-,24-/m0/s1. The van der Waals surface area contributed by atoms with Crippen LogP contribution in [0.3, 0.4) is 0 Å². The van der Waals surface area contributed by atoms with Crippen LogP contribution in [0.2, 0.25) is 0 Å². The molecule has 5 atom stereocenters. The Kier molecular flexibility index (Phi) is 7.73. The van der Waals surface area contributed by atoms with Crippen LogP contribution in [-0.4, -0.2) is 68.3 Å². The summed E-state index contributed by atoms with van der Waals surface area (Å²) in [7, 11) is 3.12. The van der Waals surface area contributed by atoms with E-state index in [2.05, 4.69) is 10.6 Å². The Bertz CT molecular complexity index is 1010. The van der Waals surface area contributed by atoms with E-state index in [4.69, 9.17) is 9.47 Å². The molecule has 4 rings (SSSR count). The number of rotatable bonds is 9. The number of fused-ring (bicyclic) bond motifs is 1. The molecule has 0 unspecified atom stereocenters. The molecule has 2 saturated heterocycles. The second kappa shape index (κ2) is 10.9. The van der Waals surface area contributed by atoms with Gasteiger partial charge >= 0.3 is 0 Å². The first-order chi connectivity index (χ1) is 16.9. The van der Waals surface area contributed by atoms with Gasteiger partial charge in [0.25, 0.3) is 0 Å². The summed E-state index contributed by atoms with van der Waals surface area (Å²) in [5.74, 6) is 0.625. The van der Waals surface area contributed by atoms with Crippen molar-refractivity contribution in [3.05, 3.63) is 29.8 Å². The molecule has 3 amide bonds. The van der Waals surface area contributed by atoms with Crippen molar-refractivity contribution < 1.29 is 28.7 Å². The van der Waals surface area contributed by atoms with Crippen LogP contribution in [0.15, 0.2) is 24.3 Å². The fourth-order valence-electron chi connectivity index (χ4n) is 5.67. The van der Waals surface area contributed by atoms with Crippen LogP contribution in [0.4, 0.5) is 0 Å². The van der Waals surface area contributed by atoms with Gasteiger partial charge < -0.3 is 29.8 Å². The van der Waals surface area contributed by atoms with E-state index in [1.165, 1.54) is 6.08 Å². The number of benzene rings is 1. The third-order valence-corrected chi connectivity index (χ3v) is 7.48. The molecule has 1 aliphatic carbocycles. The van der Waals surface area contributed by atoms with Crippen molar-refractivity contribution in [1.29, 1.82) is 0 Å². The second-order valence-electron chi connectivity index (χ2n) is 9.49. The highest BCUT2D eigenvalue weighted by Gasteiger charge is 2.49. The summed E-state index contributed by atoms with van der Waals surface area (Å²) in [6, 6.07) is 3.95. The summed E-state index contributed by atoms with van der Waals surface area (Å²) in [5, 5.41) is 5.58. The van der Waals surface area contributed by atoms with Crippen LogP contribution >= 0.6 is 0 Å². The third kappa shape index (κ3) is 5.33. The van der Waals surface area contributed by atoms with Crippen molar-refractivity contribution in [2.45, 2.75) is 44.2 Å². The molecule has 0 radical (unpaired) electrons. The molecule has 1 saturated carbocycles. The topological polar surface area (TPSA) is 114 Å². The average Bonchev–Trinajstić information content (AvgIpc) is 3.58. The maximum atomic E-state index is 13.4. The molecule has 1 aromatic rings. The molecule has 0 bridgehead atoms. The zero-order valence-corrected chi connectivity index (χ0v) is 20.2. The summed E-state index contributed by atoms with van der Waals surface area (Å²) in [5.41, 5.74) is 0.720. The van der Waals surface area contributed by atoms with Gasteiger partial charge in [-0.2, -0.15) is 0 Å². The molecule has 0 aromatic heterocycles. The van der Waals surface area contributed by atoms with E-state index in [1.54, 1.807) is 43.4 Å². The molecule has 2 aliphatic heterocycles. The van der Waals surface area contributed by atoms with Crippen LogP contribution in [0.1, 0.15) is 37.7 Å². The van der Waals surface area contributed by atoms with Crippen molar-refractivity contribution >= 4 is 30.1 Å². The van der Waals surface area contributed by atoms with Crippen molar-refractivity contribution in [1.82, 2.24) is 15.5 Å². The Morgan fingerprint density at radius 1 is 1.23 bits per heavy atom. The monoisotopic (exact) mass is 483 g/mol. The van der Waals surface area contributed by atoms with Gasteiger partial charge in [-0.25, -0.2) is 0 Å². The number of hydrogen-bond donors (Lipinski definition) is 2. The van der Waals surface area contributed by atoms with Crippen LogP contribution in [0.5, 0.6) is 11.5 Å². The lowest BCUT2D eigenvalue weighted by Gasteiger charge is -2.27. The van der Waals surface area contributed by atoms with Crippen LogP contribution < -0.4 is 20.1 Å². The highest BCUT2D eigenvalue weighted by molar-refractivity contribution is 5.97. The van der Waals surface area contributed by atoms with Gasteiger partial charge in [-0.15, -0.1) is 0 Å². The molecule has 3 fully saturated rings. The highest BCUT2D eigenvalue weighted by Crippen LogP contribution is 2.42. The first-order valence-electron chi connectivity index (χ1n) is 12.2. The van der Waals surface area contributed by atoms with Gasteiger partial charge in [0.15, 0.2) is 0 Å². The minimum atomic E-state index is -0.757. The smallest absolute Gasteiger partial charge is 0.247 e. The van der Waals surface area contributed by atoms with Crippen molar-refractivity contribution in [3.8, 4) is 11.5 Å². The lowest BCUT2D eigenvalue weighted by Crippen LogP contribution is -2.51. The second-order valence-corrected chi connectivity index (χ2v) is 9.49.